The molecule has 0 spiro atoms. The minimum absolute atomic E-state index is 0.0982. The Morgan fingerprint density at radius 3 is 2.53 bits per heavy atom. The second-order valence-electron chi connectivity index (χ2n) is 14.9. The summed E-state index contributed by atoms with van der Waals surface area (Å²) in [6.07, 6.45) is 12.4. The van der Waals surface area contributed by atoms with E-state index in [9.17, 15) is 5.11 Å². The van der Waals surface area contributed by atoms with Gasteiger partial charge >= 0.3 is 0 Å². The van der Waals surface area contributed by atoms with Gasteiger partial charge in [0.25, 0.3) is 0 Å². The summed E-state index contributed by atoms with van der Waals surface area (Å²) in [5, 5.41) is 16.2. The predicted octanol–water partition coefficient (Wildman–Crippen LogP) is 9.46. The molecule has 2 aromatic carbocycles. The van der Waals surface area contributed by atoms with E-state index < -0.39 is 0 Å². The molecular formula is C38H50Br2N4O. The number of anilines is 2. The van der Waals surface area contributed by atoms with E-state index in [4.69, 9.17) is 0 Å². The molecule has 242 valence electrons. The molecule has 7 heteroatoms. The molecule has 2 fully saturated rings. The maximum absolute atomic E-state index is 12.4. The van der Waals surface area contributed by atoms with Gasteiger partial charge in [-0.15, -0.1) is 6.58 Å². The molecule has 4 aliphatic rings. The number of fused-ring (bicyclic) bond motifs is 6. The van der Waals surface area contributed by atoms with Gasteiger partial charge in [0, 0.05) is 56.2 Å². The van der Waals surface area contributed by atoms with Crippen LogP contribution in [-0.2, 0) is 17.4 Å². The van der Waals surface area contributed by atoms with E-state index in [0.717, 1.165) is 71.0 Å². The first-order valence-electron chi connectivity index (χ1n) is 16.5. The van der Waals surface area contributed by atoms with Crippen molar-refractivity contribution in [2.75, 3.05) is 37.4 Å². The number of aromatic hydroxyl groups is 1. The van der Waals surface area contributed by atoms with Gasteiger partial charge in [0.2, 0.25) is 0 Å². The van der Waals surface area contributed by atoms with Crippen LogP contribution in [0.15, 0.2) is 69.2 Å². The number of hydrogen-bond acceptors (Lipinski definition) is 5. The summed E-state index contributed by atoms with van der Waals surface area (Å²) in [5.41, 5.74) is 8.12. The van der Waals surface area contributed by atoms with E-state index >= 15 is 0 Å². The Morgan fingerprint density at radius 2 is 1.82 bits per heavy atom. The van der Waals surface area contributed by atoms with Crippen molar-refractivity contribution in [3.05, 3.63) is 85.9 Å². The Hall–Kier alpha value is -2.06. The summed E-state index contributed by atoms with van der Waals surface area (Å²) >= 11 is 7.74. The summed E-state index contributed by atoms with van der Waals surface area (Å²) in [5.74, 6) is 0.451. The molecule has 2 saturated heterocycles. The molecule has 4 aliphatic heterocycles. The quantitative estimate of drug-likeness (QED) is 0.251. The third kappa shape index (κ3) is 5.06. The standard InChI is InChI=1S/C38H50Br2N4O/c1-9-36(5,6)38-18-20-43(8)35(38)44(30-22-27(39)13-14-28(30)38)23-26-21-29(40)32-31(33(26)45)37(17-19-42(7)34(37)41-32)16-15-25(4)12-10-11-24(2)3/h9,11,13-15,21-22,34-35,41,45H,1,10,12,16-20,23H2,2-8H3/b25-15-/t34-,35+,37-,38+/m0/s1. The van der Waals surface area contributed by atoms with Crippen LogP contribution in [0.3, 0.4) is 0 Å². The fourth-order valence-electron chi connectivity index (χ4n) is 9.06. The number of phenolic OH excluding ortho intramolecular Hbond substituents is 1. The fourth-order valence-corrected chi connectivity index (χ4v) is 10.00. The predicted molar refractivity (Wildman–Crippen MR) is 196 cm³/mol. The van der Waals surface area contributed by atoms with Crippen LogP contribution < -0.4 is 10.2 Å². The SMILES string of the molecule is C=CC(C)(C)[C@@]12CCN(C)[C@@H]1N(Cc1cc(Br)c3c(c1O)[C@]1(C/C=C(/C)CCC=C(C)C)CCN(C)[C@@H]1N3)c1cc(Br)ccc12. The van der Waals surface area contributed by atoms with Gasteiger partial charge in [-0.25, -0.2) is 0 Å². The average Bonchev–Trinajstić information content (AvgIpc) is 3.69. The van der Waals surface area contributed by atoms with Crippen molar-refractivity contribution in [1.82, 2.24) is 9.80 Å². The summed E-state index contributed by atoms with van der Waals surface area (Å²) < 4.78 is 2.11. The molecule has 4 atom stereocenters. The van der Waals surface area contributed by atoms with Gasteiger partial charge in [-0.05, 0) is 112 Å². The highest BCUT2D eigenvalue weighted by atomic mass is 79.9. The zero-order valence-electron chi connectivity index (χ0n) is 28.1. The first-order valence-corrected chi connectivity index (χ1v) is 18.1. The van der Waals surface area contributed by atoms with Gasteiger partial charge in [-0.3, -0.25) is 9.80 Å². The number of benzene rings is 2. The molecule has 0 amide bonds. The minimum atomic E-state index is -0.185. The van der Waals surface area contributed by atoms with Crippen molar-refractivity contribution in [3.8, 4) is 5.75 Å². The highest BCUT2D eigenvalue weighted by molar-refractivity contribution is 9.10. The number of nitrogens with zero attached hydrogens (tertiary/aromatic N) is 3. The first-order chi connectivity index (χ1) is 21.3. The molecule has 0 aliphatic carbocycles. The molecule has 6 rings (SSSR count). The smallest absolute Gasteiger partial charge is 0.126 e. The molecule has 0 unspecified atom stereocenters. The summed E-state index contributed by atoms with van der Waals surface area (Å²) in [4.78, 5) is 7.48. The van der Waals surface area contributed by atoms with Crippen LogP contribution in [0, 0.1) is 5.41 Å². The lowest BCUT2D eigenvalue weighted by atomic mass is 9.60. The molecule has 45 heavy (non-hydrogen) atoms. The Balaban J connectivity index is 1.42. The summed E-state index contributed by atoms with van der Waals surface area (Å²) in [6.45, 7) is 18.2. The normalized spacial score (nSPS) is 27.7. The fraction of sp³-hybridized carbons (Fsp3) is 0.526. The van der Waals surface area contributed by atoms with Gasteiger partial charge in [0.15, 0.2) is 0 Å². The number of allylic oxidation sites excluding steroid dienone is 5. The maximum Gasteiger partial charge on any atom is 0.126 e. The largest absolute Gasteiger partial charge is 0.507 e. The number of rotatable bonds is 9. The lowest BCUT2D eigenvalue weighted by Gasteiger charge is -2.45. The van der Waals surface area contributed by atoms with E-state index in [1.165, 1.54) is 22.4 Å². The zero-order chi connectivity index (χ0) is 32.5. The van der Waals surface area contributed by atoms with Crippen LogP contribution in [0.4, 0.5) is 11.4 Å². The van der Waals surface area contributed by atoms with Crippen LogP contribution in [0.2, 0.25) is 0 Å². The third-order valence-corrected chi connectivity index (χ3v) is 12.8. The van der Waals surface area contributed by atoms with Crippen LogP contribution in [-0.4, -0.2) is 54.4 Å². The van der Waals surface area contributed by atoms with Gasteiger partial charge in [0.05, 0.1) is 18.0 Å². The van der Waals surface area contributed by atoms with Crippen LogP contribution in [0.5, 0.6) is 5.75 Å². The Bertz CT molecular complexity index is 1580. The third-order valence-electron chi connectivity index (χ3n) is 11.7. The first kappa shape index (κ1) is 32.9. The molecule has 0 bridgehead atoms. The Morgan fingerprint density at radius 1 is 1.09 bits per heavy atom. The topological polar surface area (TPSA) is 42.0 Å². The molecule has 0 radical (unpaired) electrons. The second kappa shape index (κ2) is 11.9. The van der Waals surface area contributed by atoms with E-state index in [-0.39, 0.29) is 28.6 Å². The average molecular weight is 739 g/mol. The minimum Gasteiger partial charge on any atom is -0.507 e. The molecular weight excluding hydrogens is 688 g/mol. The van der Waals surface area contributed by atoms with E-state index in [2.05, 4.69) is 150 Å². The van der Waals surface area contributed by atoms with Gasteiger partial charge < -0.3 is 15.3 Å². The van der Waals surface area contributed by atoms with E-state index in [1.54, 1.807) is 0 Å². The van der Waals surface area contributed by atoms with Crippen LogP contribution in [0.25, 0.3) is 0 Å². The lowest BCUT2D eigenvalue weighted by molar-refractivity contribution is 0.158. The number of hydrogen-bond donors (Lipinski definition) is 2. The number of nitrogens with one attached hydrogen (secondary N) is 1. The summed E-state index contributed by atoms with van der Waals surface area (Å²) in [6, 6.07) is 8.93. The Labute approximate surface area is 287 Å². The Kier molecular flexibility index (Phi) is 8.67. The van der Waals surface area contributed by atoms with Crippen molar-refractivity contribution >= 4 is 43.2 Å². The molecule has 5 nitrogen and oxygen atoms in total. The number of likely N-dealkylation sites (tertiary alicyclic amines) is 2. The van der Waals surface area contributed by atoms with Gasteiger partial charge in [0.1, 0.15) is 5.75 Å². The lowest BCUT2D eigenvalue weighted by Crippen LogP contribution is -2.53. The monoisotopic (exact) mass is 736 g/mol. The molecule has 0 aromatic heterocycles. The maximum atomic E-state index is 12.4. The van der Waals surface area contributed by atoms with Crippen molar-refractivity contribution in [3.63, 3.8) is 0 Å². The van der Waals surface area contributed by atoms with Gasteiger partial charge in [-0.1, -0.05) is 65.2 Å². The second-order valence-corrected chi connectivity index (χ2v) is 16.7. The van der Waals surface area contributed by atoms with Crippen molar-refractivity contribution < 1.29 is 5.11 Å². The molecule has 2 N–H and O–H groups in total. The number of halogens is 2. The highest BCUT2D eigenvalue weighted by Crippen LogP contribution is 2.62. The van der Waals surface area contributed by atoms with Crippen molar-refractivity contribution in [1.29, 1.82) is 0 Å². The molecule has 0 saturated carbocycles. The van der Waals surface area contributed by atoms with Crippen LogP contribution >= 0.6 is 31.9 Å². The van der Waals surface area contributed by atoms with Crippen molar-refractivity contribution in [2.45, 2.75) is 96.4 Å². The number of phenols is 1. The van der Waals surface area contributed by atoms with Gasteiger partial charge in [-0.2, -0.15) is 0 Å². The molecule has 2 aromatic rings. The highest BCUT2D eigenvalue weighted by Gasteiger charge is 2.62. The van der Waals surface area contributed by atoms with E-state index in [0.29, 0.717) is 12.3 Å². The summed E-state index contributed by atoms with van der Waals surface area (Å²) in [7, 11) is 4.46. The number of likely N-dealkylation sites (N-methyl/N-ethyl adjacent to an activating group) is 2. The van der Waals surface area contributed by atoms with Crippen molar-refractivity contribution in [2.24, 2.45) is 5.41 Å². The zero-order valence-corrected chi connectivity index (χ0v) is 31.3. The molecule has 4 heterocycles. The van der Waals surface area contributed by atoms with Crippen LogP contribution in [0.1, 0.15) is 83.4 Å². The van der Waals surface area contributed by atoms with E-state index in [1.807, 2.05) is 0 Å².